The van der Waals surface area contributed by atoms with Crippen LogP contribution >= 0.6 is 0 Å². The molecule has 2 heterocycles. The van der Waals surface area contributed by atoms with Gasteiger partial charge in [0.15, 0.2) is 0 Å². The molecule has 2 atom stereocenters. The first-order chi connectivity index (χ1) is 19.3. The predicted molar refractivity (Wildman–Crippen MR) is 151 cm³/mol. The van der Waals surface area contributed by atoms with Crippen LogP contribution in [0.15, 0.2) is 47.4 Å². The summed E-state index contributed by atoms with van der Waals surface area (Å²) in [6, 6.07) is 11.0. The highest BCUT2D eigenvalue weighted by molar-refractivity contribution is 7.89. The van der Waals surface area contributed by atoms with Crippen molar-refractivity contribution in [1.82, 2.24) is 9.47 Å². The number of benzene rings is 2. The average Bonchev–Trinajstić information content (AvgIpc) is 3.22. The van der Waals surface area contributed by atoms with E-state index in [0.29, 0.717) is 28.8 Å². The molecule has 1 aromatic heterocycles. The van der Waals surface area contributed by atoms with Crippen molar-refractivity contribution in [3.05, 3.63) is 48.2 Å². The van der Waals surface area contributed by atoms with Gasteiger partial charge < -0.3 is 24.8 Å². The number of piperidine rings is 1. The van der Waals surface area contributed by atoms with Crippen LogP contribution in [0, 0.1) is 11.8 Å². The molecule has 0 bridgehead atoms. The summed E-state index contributed by atoms with van der Waals surface area (Å²) in [7, 11) is -2.55. The second kappa shape index (κ2) is 11.9. The molecule has 1 amide bonds. The van der Waals surface area contributed by atoms with Gasteiger partial charge in [-0.1, -0.05) is 12.0 Å². The number of hydrogen-bond donors (Lipinski definition) is 3. The number of rotatable bonds is 7. The molecule has 0 spiro atoms. The highest BCUT2D eigenvalue weighted by atomic mass is 32.2. The number of alkyl halides is 3. The largest absolute Gasteiger partial charge is 0.495 e. The zero-order valence-corrected chi connectivity index (χ0v) is 23.7. The molecule has 1 aliphatic heterocycles. The lowest BCUT2D eigenvalue weighted by molar-refractivity contribution is -0.140. The molecule has 4 N–H and O–H groups in total. The molecule has 41 heavy (non-hydrogen) atoms. The maximum Gasteiger partial charge on any atom is 0.406 e. The molecular formula is C28H32F3N5O4S. The van der Waals surface area contributed by atoms with E-state index in [4.69, 9.17) is 9.88 Å². The van der Waals surface area contributed by atoms with Crippen molar-refractivity contribution in [1.29, 1.82) is 0 Å². The maximum atomic E-state index is 13.6. The van der Waals surface area contributed by atoms with Gasteiger partial charge in [-0.15, -0.1) is 0 Å². The van der Waals surface area contributed by atoms with Crippen LogP contribution in [0.4, 0.5) is 24.5 Å². The molecule has 13 heteroatoms. The molecule has 4 rings (SSSR count). The lowest BCUT2D eigenvalue weighted by atomic mass is 9.97. The molecule has 220 valence electrons. The third-order valence-corrected chi connectivity index (χ3v) is 7.92. The highest BCUT2D eigenvalue weighted by Crippen LogP contribution is 2.32. The van der Waals surface area contributed by atoms with Crippen molar-refractivity contribution >= 4 is 38.2 Å². The number of carbonyl (C=O) groups excluding carboxylic acids is 1. The first-order valence-corrected chi connectivity index (χ1v) is 14.5. The number of aromatic nitrogens is 1. The Labute approximate surface area is 236 Å². The van der Waals surface area contributed by atoms with Crippen molar-refractivity contribution in [2.45, 2.75) is 56.4 Å². The smallest absolute Gasteiger partial charge is 0.406 e. The Balaban J connectivity index is 1.59. The molecule has 0 saturated carbocycles. The molecule has 0 aliphatic carbocycles. The van der Waals surface area contributed by atoms with Gasteiger partial charge in [0.2, 0.25) is 15.9 Å². The van der Waals surface area contributed by atoms with Crippen molar-refractivity contribution in [2.24, 2.45) is 5.14 Å². The number of fused-ring (bicyclic) bond motifs is 1. The zero-order chi connectivity index (χ0) is 29.9. The van der Waals surface area contributed by atoms with Crippen LogP contribution in [0.25, 0.3) is 10.9 Å². The molecule has 1 saturated heterocycles. The highest BCUT2D eigenvalue weighted by Gasteiger charge is 2.31. The van der Waals surface area contributed by atoms with E-state index in [1.54, 1.807) is 25.1 Å². The van der Waals surface area contributed by atoms with E-state index in [1.165, 1.54) is 25.3 Å². The van der Waals surface area contributed by atoms with Crippen LogP contribution < -0.4 is 20.5 Å². The van der Waals surface area contributed by atoms with E-state index in [1.807, 2.05) is 17.9 Å². The number of nitrogens with one attached hydrogen (secondary N) is 2. The van der Waals surface area contributed by atoms with Crippen LogP contribution in [-0.4, -0.2) is 62.3 Å². The van der Waals surface area contributed by atoms with Gasteiger partial charge in [-0.3, -0.25) is 4.79 Å². The van der Waals surface area contributed by atoms with Gasteiger partial charge in [0.25, 0.3) is 0 Å². The van der Waals surface area contributed by atoms with Gasteiger partial charge in [0.05, 0.1) is 35.4 Å². The SMILES string of the molecule is COc1cc(S(N)(=O)=O)ccc1NCC#Cc1cc2c(N[C@H]3CCN(C(C)=O)[C@@H](C)C3)cccc2n1CC(F)(F)F. The molecule has 0 unspecified atom stereocenters. The minimum absolute atomic E-state index is 0.0268. The first kappa shape index (κ1) is 30.1. The summed E-state index contributed by atoms with van der Waals surface area (Å²) in [6.45, 7) is 3.00. The Morgan fingerprint density at radius 2 is 1.95 bits per heavy atom. The summed E-state index contributed by atoms with van der Waals surface area (Å²) in [4.78, 5) is 13.5. The number of amides is 1. The molecule has 9 nitrogen and oxygen atoms in total. The Bertz CT molecular complexity index is 1610. The number of anilines is 2. The number of methoxy groups -OCH3 is 1. The fraction of sp³-hybridized carbons (Fsp3) is 0.393. The number of nitrogens with zero attached hydrogens (tertiary/aromatic N) is 2. The van der Waals surface area contributed by atoms with Crippen LogP contribution in [0.2, 0.25) is 0 Å². The van der Waals surface area contributed by atoms with Crippen molar-refractivity contribution in [2.75, 3.05) is 30.8 Å². The molecule has 2 aromatic carbocycles. The third kappa shape index (κ3) is 7.25. The fourth-order valence-electron chi connectivity index (χ4n) is 5.12. The van der Waals surface area contributed by atoms with Gasteiger partial charge in [-0.25, -0.2) is 13.6 Å². The number of ether oxygens (including phenoxy) is 1. The average molecular weight is 592 g/mol. The lowest BCUT2D eigenvalue weighted by Crippen LogP contribution is -2.47. The summed E-state index contributed by atoms with van der Waals surface area (Å²) in [5.74, 6) is 5.95. The fourth-order valence-corrected chi connectivity index (χ4v) is 5.65. The summed E-state index contributed by atoms with van der Waals surface area (Å²) >= 11 is 0. The van der Waals surface area contributed by atoms with Crippen LogP contribution in [0.5, 0.6) is 5.75 Å². The van der Waals surface area contributed by atoms with Gasteiger partial charge in [-0.2, -0.15) is 13.2 Å². The first-order valence-electron chi connectivity index (χ1n) is 12.9. The predicted octanol–water partition coefficient (Wildman–Crippen LogP) is 4.13. The van der Waals surface area contributed by atoms with Crippen LogP contribution in [0.3, 0.4) is 0 Å². The van der Waals surface area contributed by atoms with E-state index >= 15 is 0 Å². The number of likely N-dealkylation sites (tertiary alicyclic amines) is 1. The molecule has 3 aromatic rings. The van der Waals surface area contributed by atoms with Gasteiger partial charge in [0, 0.05) is 42.7 Å². The van der Waals surface area contributed by atoms with Crippen molar-refractivity contribution in [3.63, 3.8) is 0 Å². The minimum atomic E-state index is -4.46. The van der Waals surface area contributed by atoms with Gasteiger partial charge in [0.1, 0.15) is 12.3 Å². The van der Waals surface area contributed by atoms with Crippen molar-refractivity contribution in [3.8, 4) is 17.6 Å². The van der Waals surface area contributed by atoms with E-state index < -0.39 is 22.7 Å². The van der Waals surface area contributed by atoms with Crippen LogP contribution in [-0.2, 0) is 21.4 Å². The Morgan fingerprint density at radius 1 is 1.20 bits per heavy atom. The summed E-state index contributed by atoms with van der Waals surface area (Å²) in [5.41, 5.74) is 1.75. The minimum Gasteiger partial charge on any atom is -0.495 e. The summed E-state index contributed by atoms with van der Waals surface area (Å²) < 4.78 is 70.3. The molecular weight excluding hydrogens is 559 g/mol. The molecule has 1 fully saturated rings. The number of carbonyl (C=O) groups is 1. The van der Waals surface area contributed by atoms with E-state index in [9.17, 15) is 26.4 Å². The molecule has 0 radical (unpaired) electrons. The molecule has 1 aliphatic rings. The number of hydrogen-bond acceptors (Lipinski definition) is 6. The lowest BCUT2D eigenvalue weighted by Gasteiger charge is -2.37. The Hall–Kier alpha value is -3.89. The third-order valence-electron chi connectivity index (χ3n) is 7.01. The van der Waals surface area contributed by atoms with E-state index in [2.05, 4.69) is 22.5 Å². The van der Waals surface area contributed by atoms with E-state index in [-0.39, 0.29) is 40.9 Å². The van der Waals surface area contributed by atoms with Gasteiger partial charge >= 0.3 is 6.18 Å². The monoisotopic (exact) mass is 591 g/mol. The maximum absolute atomic E-state index is 13.6. The summed E-state index contributed by atoms with van der Waals surface area (Å²) in [6.07, 6.45) is -3.01. The number of primary sulfonamides is 1. The van der Waals surface area contributed by atoms with Crippen molar-refractivity contribution < 1.29 is 31.1 Å². The van der Waals surface area contributed by atoms with Gasteiger partial charge in [-0.05, 0) is 56.0 Å². The number of nitrogens with two attached hydrogens (primary N) is 1. The quantitative estimate of drug-likeness (QED) is 0.356. The zero-order valence-electron chi connectivity index (χ0n) is 22.9. The Morgan fingerprint density at radius 3 is 2.59 bits per heavy atom. The summed E-state index contributed by atoms with van der Waals surface area (Å²) in [5, 5.41) is 12.3. The second-order valence-electron chi connectivity index (χ2n) is 9.96. The Kier molecular flexibility index (Phi) is 8.74. The number of sulfonamides is 1. The second-order valence-corrected chi connectivity index (χ2v) is 11.5. The van der Waals surface area contributed by atoms with E-state index in [0.717, 1.165) is 17.4 Å². The van der Waals surface area contributed by atoms with Crippen LogP contribution in [0.1, 0.15) is 32.4 Å². The number of halogens is 3. The normalized spacial score (nSPS) is 17.6. The topological polar surface area (TPSA) is 119 Å². The standard InChI is InChI=1S/C28H32F3N5O4S/c1-18-14-20(11-13-35(18)19(2)37)34-24-7-4-8-26-23(24)15-21(36(26)17-28(29,30)31)6-5-12-33-25-10-9-22(41(32,38)39)16-27(25)40-3/h4,7-10,15-16,18,20,33-34H,11-14,17H2,1-3H3,(H2,32,38,39)/t18-,20-/m0/s1.